The third kappa shape index (κ3) is 2.83. The lowest BCUT2D eigenvalue weighted by molar-refractivity contribution is 0.910. The highest BCUT2D eigenvalue weighted by Gasteiger charge is 2.17. The normalized spacial score (nSPS) is 11.3. The molecule has 3 aromatic heterocycles. The van der Waals surface area contributed by atoms with E-state index in [0.29, 0.717) is 18.3 Å². The van der Waals surface area contributed by atoms with Crippen LogP contribution in [0, 0.1) is 6.92 Å². The predicted molar refractivity (Wildman–Crippen MR) is 111 cm³/mol. The smallest absolute Gasteiger partial charge is 0.232 e. The number of nitrogen functional groups attached to an aromatic ring is 1. The van der Waals surface area contributed by atoms with Gasteiger partial charge in [0.1, 0.15) is 5.82 Å². The topological polar surface area (TPSA) is 99.5 Å². The fraction of sp³-hybridized carbons (Fsp3) is 0.0952. The van der Waals surface area contributed by atoms with E-state index in [1.54, 1.807) is 6.07 Å². The lowest BCUT2D eigenvalue weighted by Gasteiger charge is -2.24. The molecule has 0 saturated carbocycles. The molecule has 0 spiro atoms. The zero-order valence-electron chi connectivity index (χ0n) is 15.3. The molecular formula is C21H19N7. The molecule has 0 aliphatic heterocycles. The van der Waals surface area contributed by atoms with Gasteiger partial charge in [-0.1, -0.05) is 12.1 Å². The minimum atomic E-state index is 0.457. The fourth-order valence-electron chi connectivity index (χ4n) is 3.54. The number of aromatic amines is 2. The Kier molecular flexibility index (Phi) is 3.72. The Labute approximate surface area is 161 Å². The maximum absolute atomic E-state index is 6.03. The monoisotopic (exact) mass is 369 g/mol. The number of aromatic nitrogens is 5. The summed E-state index contributed by atoms with van der Waals surface area (Å²) in [4.78, 5) is 14.5. The van der Waals surface area contributed by atoms with Gasteiger partial charge in [0.25, 0.3) is 0 Å². The Hall–Kier alpha value is -3.87. The second kappa shape index (κ2) is 6.38. The standard InChI is InChI=1S/C21H19N7/c1-13-9-20(22)26-21(25-13)28(19-4-2-3-18-16(19)7-8-23-18)12-14-5-6-17-15(10-14)11-24-27-17/h2-11,23H,12H2,1H3,(H,24,27)(H2,22,25,26). The van der Waals surface area contributed by atoms with Crippen LogP contribution in [-0.2, 0) is 6.54 Å². The molecule has 138 valence electrons. The molecule has 0 fully saturated rings. The van der Waals surface area contributed by atoms with Crippen molar-refractivity contribution in [2.45, 2.75) is 13.5 Å². The Balaban J connectivity index is 1.66. The summed E-state index contributed by atoms with van der Waals surface area (Å²) in [6, 6.07) is 16.3. The lowest BCUT2D eigenvalue weighted by atomic mass is 10.1. The first kappa shape index (κ1) is 16.3. The molecule has 0 radical (unpaired) electrons. The van der Waals surface area contributed by atoms with Crippen molar-refractivity contribution in [3.05, 3.63) is 72.2 Å². The molecule has 3 heterocycles. The molecule has 0 bridgehead atoms. The first-order chi connectivity index (χ1) is 13.7. The highest BCUT2D eigenvalue weighted by molar-refractivity contribution is 5.94. The van der Waals surface area contributed by atoms with Crippen LogP contribution in [0.25, 0.3) is 21.8 Å². The van der Waals surface area contributed by atoms with Crippen LogP contribution < -0.4 is 10.6 Å². The summed E-state index contributed by atoms with van der Waals surface area (Å²) in [5.41, 5.74) is 11.1. The number of rotatable bonds is 4. The number of nitrogens with two attached hydrogens (primary N) is 1. The molecule has 7 heteroatoms. The van der Waals surface area contributed by atoms with E-state index in [2.05, 4.69) is 60.4 Å². The van der Waals surface area contributed by atoms with E-state index < -0.39 is 0 Å². The molecule has 0 saturated heterocycles. The average molecular weight is 369 g/mol. The van der Waals surface area contributed by atoms with Gasteiger partial charge < -0.3 is 15.6 Å². The van der Waals surface area contributed by atoms with Gasteiger partial charge in [0.15, 0.2) is 0 Å². The lowest BCUT2D eigenvalue weighted by Crippen LogP contribution is -2.20. The molecule has 5 rings (SSSR count). The van der Waals surface area contributed by atoms with E-state index in [4.69, 9.17) is 5.73 Å². The molecule has 0 unspecified atom stereocenters. The van der Waals surface area contributed by atoms with E-state index in [9.17, 15) is 0 Å². The van der Waals surface area contributed by atoms with Crippen LogP contribution >= 0.6 is 0 Å². The largest absolute Gasteiger partial charge is 0.384 e. The van der Waals surface area contributed by atoms with E-state index in [1.807, 2.05) is 31.5 Å². The quantitative estimate of drug-likeness (QED) is 0.443. The number of hydrogen-bond donors (Lipinski definition) is 3. The minimum Gasteiger partial charge on any atom is -0.384 e. The number of benzene rings is 2. The second-order valence-corrected chi connectivity index (χ2v) is 6.83. The number of anilines is 3. The molecule has 28 heavy (non-hydrogen) atoms. The van der Waals surface area contributed by atoms with Crippen LogP contribution in [0.3, 0.4) is 0 Å². The summed E-state index contributed by atoms with van der Waals surface area (Å²) in [6.45, 7) is 2.53. The fourth-order valence-corrected chi connectivity index (χ4v) is 3.54. The molecule has 2 aromatic carbocycles. The maximum Gasteiger partial charge on any atom is 0.232 e. The molecule has 0 amide bonds. The van der Waals surface area contributed by atoms with Gasteiger partial charge in [-0.3, -0.25) is 5.10 Å². The molecule has 4 N–H and O–H groups in total. The van der Waals surface area contributed by atoms with Crippen molar-refractivity contribution >= 4 is 39.3 Å². The first-order valence-corrected chi connectivity index (χ1v) is 9.04. The van der Waals surface area contributed by atoms with Crippen molar-refractivity contribution in [1.82, 2.24) is 25.1 Å². The van der Waals surface area contributed by atoms with Crippen molar-refractivity contribution in [1.29, 1.82) is 0 Å². The maximum atomic E-state index is 6.03. The average Bonchev–Trinajstić information content (AvgIpc) is 3.33. The summed E-state index contributed by atoms with van der Waals surface area (Å²) in [7, 11) is 0. The number of nitrogens with zero attached hydrogens (tertiary/aromatic N) is 4. The van der Waals surface area contributed by atoms with Crippen LogP contribution in [0.2, 0.25) is 0 Å². The van der Waals surface area contributed by atoms with E-state index in [0.717, 1.165) is 38.8 Å². The summed E-state index contributed by atoms with van der Waals surface area (Å²) in [6.07, 6.45) is 3.77. The van der Waals surface area contributed by atoms with E-state index >= 15 is 0 Å². The summed E-state index contributed by atoms with van der Waals surface area (Å²) in [5, 5.41) is 9.28. The van der Waals surface area contributed by atoms with Crippen LogP contribution in [0.5, 0.6) is 0 Å². The molecule has 7 nitrogen and oxygen atoms in total. The summed E-state index contributed by atoms with van der Waals surface area (Å²) < 4.78 is 0. The third-order valence-electron chi connectivity index (χ3n) is 4.81. The SMILES string of the molecule is Cc1cc(N)nc(N(Cc2ccc3[nH]ncc3c2)c2cccc3[nH]ccc23)n1. The highest BCUT2D eigenvalue weighted by atomic mass is 15.3. The predicted octanol–water partition coefficient (Wildman–Crippen LogP) is 4.06. The number of H-pyrrole nitrogens is 2. The van der Waals surface area contributed by atoms with Crippen molar-refractivity contribution in [3.63, 3.8) is 0 Å². The van der Waals surface area contributed by atoms with Crippen molar-refractivity contribution < 1.29 is 0 Å². The zero-order chi connectivity index (χ0) is 19.1. The Morgan fingerprint density at radius 1 is 1.04 bits per heavy atom. The van der Waals surface area contributed by atoms with Gasteiger partial charge in [-0.2, -0.15) is 10.1 Å². The van der Waals surface area contributed by atoms with Gasteiger partial charge in [0.2, 0.25) is 5.95 Å². The highest BCUT2D eigenvalue weighted by Crippen LogP contribution is 2.32. The van der Waals surface area contributed by atoms with Gasteiger partial charge in [-0.25, -0.2) is 4.98 Å². The number of hydrogen-bond acceptors (Lipinski definition) is 5. The molecule has 0 aliphatic carbocycles. The first-order valence-electron chi connectivity index (χ1n) is 9.04. The van der Waals surface area contributed by atoms with Gasteiger partial charge >= 0.3 is 0 Å². The van der Waals surface area contributed by atoms with Gasteiger partial charge in [-0.05, 0) is 42.8 Å². The van der Waals surface area contributed by atoms with Gasteiger partial charge in [-0.15, -0.1) is 0 Å². The minimum absolute atomic E-state index is 0.457. The second-order valence-electron chi connectivity index (χ2n) is 6.83. The Bertz CT molecular complexity index is 1260. The van der Waals surface area contributed by atoms with Crippen LogP contribution in [0.1, 0.15) is 11.3 Å². The van der Waals surface area contributed by atoms with E-state index in [1.165, 1.54) is 0 Å². The number of nitrogens with one attached hydrogen (secondary N) is 2. The summed E-state index contributed by atoms with van der Waals surface area (Å²) >= 11 is 0. The Morgan fingerprint density at radius 3 is 2.86 bits per heavy atom. The summed E-state index contributed by atoms with van der Waals surface area (Å²) in [5.74, 6) is 1.04. The van der Waals surface area contributed by atoms with E-state index in [-0.39, 0.29) is 0 Å². The molecule has 0 aliphatic rings. The third-order valence-corrected chi connectivity index (χ3v) is 4.81. The van der Waals surface area contributed by atoms with Crippen molar-refractivity contribution in [2.75, 3.05) is 10.6 Å². The number of fused-ring (bicyclic) bond motifs is 2. The van der Waals surface area contributed by atoms with Gasteiger partial charge in [0.05, 0.1) is 23.9 Å². The molecule has 5 aromatic rings. The zero-order valence-corrected chi connectivity index (χ0v) is 15.3. The molecule has 0 atom stereocenters. The van der Waals surface area contributed by atoms with Crippen LogP contribution in [0.4, 0.5) is 17.5 Å². The Morgan fingerprint density at radius 2 is 1.96 bits per heavy atom. The van der Waals surface area contributed by atoms with Crippen LogP contribution in [-0.4, -0.2) is 25.1 Å². The molecular weight excluding hydrogens is 350 g/mol. The number of aryl methyl sites for hydroxylation is 1. The van der Waals surface area contributed by atoms with Crippen molar-refractivity contribution in [3.8, 4) is 0 Å². The van der Waals surface area contributed by atoms with Gasteiger partial charge in [0, 0.05) is 34.2 Å². The van der Waals surface area contributed by atoms with Crippen molar-refractivity contribution in [2.24, 2.45) is 0 Å². The van der Waals surface area contributed by atoms with Crippen LogP contribution in [0.15, 0.2) is 60.9 Å².